The predicted octanol–water partition coefficient (Wildman–Crippen LogP) is 1.49. The van der Waals surface area contributed by atoms with Crippen molar-refractivity contribution in [1.29, 1.82) is 0 Å². The van der Waals surface area contributed by atoms with Crippen LogP contribution in [0.4, 0.5) is 0 Å². The first-order valence-corrected chi connectivity index (χ1v) is 4.30. The lowest BCUT2D eigenvalue weighted by molar-refractivity contribution is 0.994. The van der Waals surface area contributed by atoms with Gasteiger partial charge in [0.2, 0.25) is 0 Å². The zero-order valence-corrected chi connectivity index (χ0v) is 7.82. The summed E-state index contributed by atoms with van der Waals surface area (Å²) in [5, 5.41) is 6.73. The van der Waals surface area contributed by atoms with Crippen molar-refractivity contribution < 1.29 is 0 Å². The van der Waals surface area contributed by atoms with Crippen molar-refractivity contribution in [3.05, 3.63) is 46.0 Å². The molecule has 0 aliphatic heterocycles. The van der Waals surface area contributed by atoms with Gasteiger partial charge in [-0.1, -0.05) is 11.6 Å². The molecular weight excluding hydrogens is 202 g/mol. The van der Waals surface area contributed by atoms with E-state index in [1.54, 1.807) is 18.3 Å². The molecule has 0 amide bonds. The van der Waals surface area contributed by atoms with Gasteiger partial charge in [0.05, 0.1) is 10.7 Å². The van der Waals surface area contributed by atoms with E-state index < -0.39 is 0 Å². The average molecular weight is 208 g/mol. The van der Waals surface area contributed by atoms with E-state index in [1.165, 1.54) is 12.3 Å². The summed E-state index contributed by atoms with van der Waals surface area (Å²) in [4.78, 5) is 14.7. The lowest BCUT2D eigenvalue weighted by Gasteiger charge is -1.98. The molecule has 2 aromatic rings. The zero-order valence-electron chi connectivity index (χ0n) is 7.07. The Labute approximate surface area is 84.6 Å². The van der Waals surface area contributed by atoms with Crippen LogP contribution in [0.5, 0.6) is 0 Å². The van der Waals surface area contributed by atoms with Crippen molar-refractivity contribution in [2.24, 2.45) is 0 Å². The minimum Gasteiger partial charge on any atom is -0.268 e. The van der Waals surface area contributed by atoms with Gasteiger partial charge in [0.1, 0.15) is 0 Å². The second kappa shape index (κ2) is 3.59. The van der Waals surface area contributed by atoms with E-state index >= 15 is 0 Å². The van der Waals surface area contributed by atoms with Crippen LogP contribution in [0, 0.1) is 0 Å². The van der Waals surface area contributed by atoms with Gasteiger partial charge in [-0.3, -0.25) is 9.78 Å². The molecule has 0 saturated carbocycles. The van der Waals surface area contributed by atoms with Crippen LogP contribution >= 0.6 is 11.6 Å². The van der Waals surface area contributed by atoms with E-state index in [-0.39, 0.29) is 5.56 Å². The topological polar surface area (TPSA) is 58.6 Å². The van der Waals surface area contributed by atoms with Crippen molar-refractivity contribution >= 4 is 11.6 Å². The van der Waals surface area contributed by atoms with Crippen LogP contribution in [0.15, 0.2) is 35.4 Å². The monoisotopic (exact) mass is 207 g/mol. The van der Waals surface area contributed by atoms with Gasteiger partial charge in [0.25, 0.3) is 5.56 Å². The maximum atomic E-state index is 10.8. The van der Waals surface area contributed by atoms with Crippen LogP contribution < -0.4 is 5.56 Å². The summed E-state index contributed by atoms with van der Waals surface area (Å²) in [5.41, 5.74) is 1.18. The molecule has 0 bridgehead atoms. The Kier molecular flexibility index (Phi) is 2.28. The second-order valence-corrected chi connectivity index (χ2v) is 3.13. The second-order valence-electron chi connectivity index (χ2n) is 2.70. The molecule has 70 valence electrons. The van der Waals surface area contributed by atoms with Gasteiger partial charge < -0.3 is 0 Å². The summed E-state index contributed by atoms with van der Waals surface area (Å²) < 4.78 is 0. The number of nitrogens with zero attached hydrogens (tertiary/aromatic N) is 2. The summed E-state index contributed by atoms with van der Waals surface area (Å²) in [6.45, 7) is 0. The summed E-state index contributed by atoms with van der Waals surface area (Å²) in [5.74, 6) is 0. The molecule has 2 heterocycles. The molecule has 0 radical (unpaired) electrons. The van der Waals surface area contributed by atoms with Gasteiger partial charge in [0.15, 0.2) is 0 Å². The Balaban J connectivity index is 2.49. The van der Waals surface area contributed by atoms with Crippen LogP contribution in [-0.2, 0) is 0 Å². The number of halogens is 1. The molecule has 0 atom stereocenters. The largest absolute Gasteiger partial charge is 0.268 e. The molecule has 14 heavy (non-hydrogen) atoms. The number of nitrogens with one attached hydrogen (secondary N) is 1. The lowest BCUT2D eigenvalue weighted by atomic mass is 10.2. The Morgan fingerprint density at radius 1 is 1.29 bits per heavy atom. The van der Waals surface area contributed by atoms with Crippen LogP contribution in [-0.4, -0.2) is 15.2 Å². The highest BCUT2D eigenvalue weighted by Gasteiger charge is 1.99. The zero-order chi connectivity index (χ0) is 9.97. The van der Waals surface area contributed by atoms with E-state index in [4.69, 9.17) is 11.6 Å². The molecule has 1 N–H and O–H groups in total. The fraction of sp³-hybridized carbons (Fsp3) is 0. The average Bonchev–Trinajstić information content (AvgIpc) is 2.19. The Morgan fingerprint density at radius 3 is 2.79 bits per heavy atom. The Hall–Kier alpha value is -1.68. The molecular formula is C9H6ClN3O. The molecule has 2 aromatic heterocycles. The fourth-order valence-corrected chi connectivity index (χ4v) is 1.23. The maximum absolute atomic E-state index is 10.8. The van der Waals surface area contributed by atoms with E-state index in [0.29, 0.717) is 10.7 Å². The van der Waals surface area contributed by atoms with Crippen LogP contribution in [0.1, 0.15) is 0 Å². The molecule has 0 unspecified atom stereocenters. The first-order valence-electron chi connectivity index (χ1n) is 3.92. The number of aromatic nitrogens is 3. The van der Waals surface area contributed by atoms with Crippen molar-refractivity contribution in [1.82, 2.24) is 15.2 Å². The smallest absolute Gasteiger partial charge is 0.264 e. The highest BCUT2D eigenvalue weighted by atomic mass is 35.5. The van der Waals surface area contributed by atoms with Gasteiger partial charge >= 0.3 is 0 Å². The molecule has 0 aliphatic carbocycles. The third kappa shape index (κ3) is 1.80. The quantitative estimate of drug-likeness (QED) is 0.771. The highest BCUT2D eigenvalue weighted by molar-refractivity contribution is 6.30. The number of hydrogen-bond acceptors (Lipinski definition) is 3. The molecule has 2 rings (SSSR count). The van der Waals surface area contributed by atoms with E-state index in [9.17, 15) is 4.79 Å². The van der Waals surface area contributed by atoms with Crippen LogP contribution in [0.25, 0.3) is 11.3 Å². The summed E-state index contributed by atoms with van der Waals surface area (Å²) >= 11 is 5.76. The number of aromatic amines is 1. The maximum Gasteiger partial charge on any atom is 0.264 e. The first-order chi connectivity index (χ1) is 6.75. The summed E-state index contributed by atoms with van der Waals surface area (Å²) in [6.07, 6.45) is 3.17. The molecule has 0 aromatic carbocycles. The van der Waals surface area contributed by atoms with Crippen molar-refractivity contribution in [2.75, 3.05) is 0 Å². The van der Waals surface area contributed by atoms with E-state index in [2.05, 4.69) is 15.2 Å². The van der Waals surface area contributed by atoms with Gasteiger partial charge in [-0.25, -0.2) is 5.10 Å². The SMILES string of the molecule is O=c1ccc(-c2cncc(Cl)c2)n[nH]1. The molecule has 4 nitrogen and oxygen atoms in total. The third-order valence-electron chi connectivity index (χ3n) is 1.68. The number of rotatable bonds is 1. The molecule has 0 saturated heterocycles. The van der Waals surface area contributed by atoms with Gasteiger partial charge in [-0.15, -0.1) is 0 Å². The molecule has 5 heteroatoms. The normalized spacial score (nSPS) is 10.1. The molecule has 0 fully saturated rings. The summed E-state index contributed by atoms with van der Waals surface area (Å²) in [6, 6.07) is 4.75. The van der Waals surface area contributed by atoms with Gasteiger partial charge in [-0.2, -0.15) is 5.10 Å². The number of hydrogen-bond donors (Lipinski definition) is 1. The van der Waals surface area contributed by atoms with Crippen LogP contribution in [0.2, 0.25) is 5.02 Å². The van der Waals surface area contributed by atoms with Crippen LogP contribution in [0.3, 0.4) is 0 Å². The number of pyridine rings is 1. The van der Waals surface area contributed by atoms with E-state index in [0.717, 1.165) is 5.56 Å². The Morgan fingerprint density at radius 2 is 2.14 bits per heavy atom. The molecule has 0 spiro atoms. The van der Waals surface area contributed by atoms with Crippen molar-refractivity contribution in [3.8, 4) is 11.3 Å². The lowest BCUT2D eigenvalue weighted by Crippen LogP contribution is -2.05. The minimum atomic E-state index is -0.233. The summed E-state index contributed by atoms with van der Waals surface area (Å²) in [7, 11) is 0. The standard InChI is InChI=1S/C9H6ClN3O/c10-7-3-6(4-11-5-7)8-1-2-9(14)13-12-8/h1-5H,(H,13,14). The number of H-pyrrole nitrogens is 1. The van der Waals surface area contributed by atoms with Gasteiger partial charge in [-0.05, 0) is 12.1 Å². The predicted molar refractivity (Wildman–Crippen MR) is 53.1 cm³/mol. The van der Waals surface area contributed by atoms with Crippen molar-refractivity contribution in [2.45, 2.75) is 0 Å². The Bertz CT molecular complexity index is 489. The first kappa shape index (κ1) is 8.90. The minimum absolute atomic E-state index is 0.233. The third-order valence-corrected chi connectivity index (χ3v) is 1.89. The molecule has 0 aliphatic rings. The highest BCUT2D eigenvalue weighted by Crippen LogP contribution is 2.17. The van der Waals surface area contributed by atoms with Crippen molar-refractivity contribution in [3.63, 3.8) is 0 Å². The fourth-order valence-electron chi connectivity index (χ4n) is 1.06. The van der Waals surface area contributed by atoms with Gasteiger partial charge in [0, 0.05) is 24.0 Å². The van der Waals surface area contributed by atoms with E-state index in [1.807, 2.05) is 0 Å².